The lowest BCUT2D eigenvalue weighted by Gasteiger charge is -2.15. The van der Waals surface area contributed by atoms with Crippen LogP contribution in [0, 0.1) is 11.6 Å². The quantitative estimate of drug-likeness (QED) is 0.747. The van der Waals surface area contributed by atoms with E-state index in [0.717, 1.165) is 10.9 Å². The Labute approximate surface area is 121 Å². The zero-order chi connectivity index (χ0) is 14.9. The molecule has 0 saturated carbocycles. The van der Waals surface area contributed by atoms with Gasteiger partial charge in [0.25, 0.3) is 0 Å². The number of ketones is 1. The molecule has 0 N–H and O–H groups in total. The minimum Gasteiger partial charge on any atom is -0.293 e. The van der Waals surface area contributed by atoms with Crippen molar-refractivity contribution in [3.8, 4) is 0 Å². The lowest BCUT2D eigenvalue weighted by molar-refractivity contribution is 0.0995. The number of carbonyl (C=O) groups excluding carboxylic acids is 1. The monoisotopic (exact) mass is 294 g/mol. The van der Waals surface area contributed by atoms with Gasteiger partial charge in [0.15, 0.2) is 5.78 Å². The summed E-state index contributed by atoms with van der Waals surface area (Å²) in [4.78, 5) is 13.9. The van der Waals surface area contributed by atoms with E-state index in [2.05, 4.69) is 20.8 Å². The predicted octanol–water partition coefficient (Wildman–Crippen LogP) is 4.75. The fourth-order valence-electron chi connectivity index (χ4n) is 1.82. The second-order valence-electron chi connectivity index (χ2n) is 5.75. The van der Waals surface area contributed by atoms with Crippen LogP contribution in [-0.4, -0.2) is 5.78 Å². The van der Waals surface area contributed by atoms with Gasteiger partial charge in [-0.25, -0.2) is 8.78 Å². The highest BCUT2D eigenvalue weighted by Gasteiger charge is 2.19. The van der Waals surface area contributed by atoms with Crippen molar-refractivity contribution in [1.29, 1.82) is 0 Å². The van der Waals surface area contributed by atoms with Crippen molar-refractivity contribution in [2.24, 2.45) is 0 Å². The molecular formula is C16H16F2OS. The first-order valence-electron chi connectivity index (χ1n) is 6.35. The molecule has 0 radical (unpaired) electrons. The van der Waals surface area contributed by atoms with Crippen LogP contribution in [0.15, 0.2) is 30.3 Å². The summed E-state index contributed by atoms with van der Waals surface area (Å²) >= 11 is 1.43. The topological polar surface area (TPSA) is 17.1 Å². The number of rotatable bonds is 3. The van der Waals surface area contributed by atoms with Crippen LogP contribution in [-0.2, 0) is 11.8 Å². The number of carbonyl (C=O) groups is 1. The van der Waals surface area contributed by atoms with E-state index in [1.807, 2.05) is 6.07 Å². The molecule has 4 heteroatoms. The van der Waals surface area contributed by atoms with Crippen LogP contribution in [0.3, 0.4) is 0 Å². The summed E-state index contributed by atoms with van der Waals surface area (Å²) in [6.07, 6.45) is -0.0454. The highest BCUT2D eigenvalue weighted by Crippen LogP contribution is 2.30. The van der Waals surface area contributed by atoms with Crippen LogP contribution < -0.4 is 0 Å². The zero-order valence-corrected chi connectivity index (χ0v) is 12.5. The first-order valence-corrected chi connectivity index (χ1v) is 7.16. The van der Waals surface area contributed by atoms with Crippen LogP contribution in [0.5, 0.6) is 0 Å². The van der Waals surface area contributed by atoms with Gasteiger partial charge in [0.05, 0.1) is 4.88 Å². The summed E-state index contributed by atoms with van der Waals surface area (Å²) in [6.45, 7) is 6.23. The van der Waals surface area contributed by atoms with E-state index in [-0.39, 0.29) is 23.2 Å². The summed E-state index contributed by atoms with van der Waals surface area (Å²) in [5.74, 6) is -1.45. The largest absolute Gasteiger partial charge is 0.293 e. The molecule has 2 aromatic rings. The Bertz CT molecular complexity index is 638. The van der Waals surface area contributed by atoms with Gasteiger partial charge in [0.2, 0.25) is 0 Å². The Morgan fingerprint density at radius 3 is 2.40 bits per heavy atom. The molecule has 1 aromatic heterocycles. The molecule has 1 aromatic carbocycles. The molecule has 2 rings (SSSR count). The van der Waals surface area contributed by atoms with Crippen molar-refractivity contribution in [3.63, 3.8) is 0 Å². The lowest BCUT2D eigenvalue weighted by Crippen LogP contribution is -2.08. The maximum Gasteiger partial charge on any atom is 0.177 e. The molecular weight excluding hydrogens is 278 g/mol. The third kappa shape index (κ3) is 3.31. The van der Waals surface area contributed by atoms with Gasteiger partial charge in [-0.1, -0.05) is 26.8 Å². The third-order valence-electron chi connectivity index (χ3n) is 2.99. The predicted molar refractivity (Wildman–Crippen MR) is 77.4 cm³/mol. The number of hydrogen-bond donors (Lipinski definition) is 0. The van der Waals surface area contributed by atoms with Crippen molar-refractivity contribution in [1.82, 2.24) is 0 Å². The molecule has 0 aliphatic carbocycles. The number of benzene rings is 1. The van der Waals surface area contributed by atoms with Gasteiger partial charge >= 0.3 is 0 Å². The van der Waals surface area contributed by atoms with E-state index in [9.17, 15) is 13.6 Å². The van der Waals surface area contributed by atoms with E-state index in [1.54, 1.807) is 6.07 Å². The number of thiophene rings is 1. The number of Topliss-reactive ketones (excluding diaryl/α,β-unsaturated/α-hetero) is 1. The van der Waals surface area contributed by atoms with Gasteiger partial charge in [-0.15, -0.1) is 11.3 Å². The minimum absolute atomic E-state index is 0.00960. The van der Waals surface area contributed by atoms with E-state index in [0.29, 0.717) is 4.88 Å². The minimum atomic E-state index is -0.675. The maximum absolute atomic E-state index is 13.5. The van der Waals surface area contributed by atoms with Crippen molar-refractivity contribution in [3.05, 3.63) is 57.3 Å². The first kappa shape index (κ1) is 14.9. The van der Waals surface area contributed by atoms with Gasteiger partial charge in [0, 0.05) is 17.4 Å². The van der Waals surface area contributed by atoms with Gasteiger partial charge in [-0.3, -0.25) is 4.79 Å². The second-order valence-corrected chi connectivity index (χ2v) is 6.83. The Kier molecular flexibility index (Phi) is 4.04. The van der Waals surface area contributed by atoms with Gasteiger partial charge < -0.3 is 0 Å². The highest BCUT2D eigenvalue weighted by atomic mass is 32.1. The van der Waals surface area contributed by atoms with Crippen LogP contribution in [0.2, 0.25) is 0 Å². The number of hydrogen-bond acceptors (Lipinski definition) is 2. The average Bonchev–Trinajstić information content (AvgIpc) is 2.82. The van der Waals surface area contributed by atoms with E-state index < -0.39 is 11.6 Å². The molecule has 0 spiro atoms. The van der Waals surface area contributed by atoms with Crippen molar-refractivity contribution in [2.45, 2.75) is 32.6 Å². The SMILES string of the molecule is CC(C)(C)c1ccc(C(=O)Cc2ccc(F)cc2F)s1. The third-order valence-corrected chi connectivity index (χ3v) is 4.54. The van der Waals surface area contributed by atoms with Gasteiger partial charge in [-0.05, 0) is 29.2 Å². The summed E-state index contributed by atoms with van der Waals surface area (Å²) in [6, 6.07) is 6.99. The van der Waals surface area contributed by atoms with Crippen LogP contribution in [0.25, 0.3) is 0 Å². The molecule has 0 atom stereocenters. The first-order chi connectivity index (χ1) is 9.27. The van der Waals surface area contributed by atoms with Gasteiger partial charge in [0.1, 0.15) is 11.6 Å². The lowest BCUT2D eigenvalue weighted by atomic mass is 9.95. The maximum atomic E-state index is 13.5. The second kappa shape index (κ2) is 5.44. The fourth-order valence-corrected chi connectivity index (χ4v) is 2.82. The molecule has 0 aliphatic heterocycles. The Morgan fingerprint density at radius 1 is 1.15 bits per heavy atom. The van der Waals surface area contributed by atoms with Crippen LogP contribution >= 0.6 is 11.3 Å². The van der Waals surface area contributed by atoms with Crippen LogP contribution in [0.1, 0.15) is 40.9 Å². The molecule has 0 amide bonds. The molecule has 0 saturated heterocycles. The van der Waals surface area contributed by atoms with E-state index >= 15 is 0 Å². The standard InChI is InChI=1S/C16H16F2OS/c1-16(2,3)15-7-6-14(20-15)13(19)8-10-4-5-11(17)9-12(10)18/h4-7,9H,8H2,1-3H3. The summed E-state index contributed by atoms with van der Waals surface area (Å²) in [5.41, 5.74) is 0.215. The van der Waals surface area contributed by atoms with Crippen LogP contribution in [0.4, 0.5) is 8.78 Å². The highest BCUT2D eigenvalue weighted by molar-refractivity contribution is 7.14. The van der Waals surface area contributed by atoms with E-state index in [4.69, 9.17) is 0 Å². The fraction of sp³-hybridized carbons (Fsp3) is 0.312. The van der Waals surface area contributed by atoms with E-state index in [1.165, 1.54) is 23.5 Å². The smallest absolute Gasteiger partial charge is 0.177 e. The Hall–Kier alpha value is -1.55. The zero-order valence-electron chi connectivity index (χ0n) is 11.7. The Balaban J connectivity index is 2.18. The molecule has 20 heavy (non-hydrogen) atoms. The molecule has 1 heterocycles. The van der Waals surface area contributed by atoms with Crippen molar-refractivity contribution >= 4 is 17.1 Å². The molecule has 0 bridgehead atoms. The summed E-state index contributed by atoms with van der Waals surface area (Å²) in [5, 5.41) is 0. The van der Waals surface area contributed by atoms with Crippen molar-refractivity contribution in [2.75, 3.05) is 0 Å². The Morgan fingerprint density at radius 2 is 1.85 bits per heavy atom. The molecule has 0 fully saturated rings. The molecule has 106 valence electrons. The molecule has 0 aliphatic rings. The molecule has 0 unspecified atom stereocenters. The van der Waals surface area contributed by atoms with Gasteiger partial charge in [-0.2, -0.15) is 0 Å². The number of halogens is 2. The summed E-state index contributed by atoms with van der Waals surface area (Å²) in [7, 11) is 0. The van der Waals surface area contributed by atoms with Crippen molar-refractivity contribution < 1.29 is 13.6 Å². The summed E-state index contributed by atoms with van der Waals surface area (Å²) < 4.78 is 26.4. The molecule has 1 nitrogen and oxygen atoms in total. The average molecular weight is 294 g/mol. The normalized spacial score (nSPS) is 11.7.